The van der Waals surface area contributed by atoms with Gasteiger partial charge in [0.1, 0.15) is 5.69 Å². The third kappa shape index (κ3) is 4.02. The molecule has 7 nitrogen and oxygen atoms in total. The zero-order valence-corrected chi connectivity index (χ0v) is 17.7. The number of carbonyl (C=O) groups is 1. The molecule has 0 aliphatic carbocycles. The van der Waals surface area contributed by atoms with Crippen LogP contribution in [0.3, 0.4) is 0 Å². The van der Waals surface area contributed by atoms with Crippen LogP contribution in [0.1, 0.15) is 48.9 Å². The molecule has 0 N–H and O–H groups in total. The molecule has 0 saturated carbocycles. The molecule has 1 aromatic carbocycles. The third-order valence-corrected chi connectivity index (χ3v) is 6.29. The lowest BCUT2D eigenvalue weighted by Gasteiger charge is -2.22. The lowest BCUT2D eigenvalue weighted by atomic mass is 10.1. The van der Waals surface area contributed by atoms with Gasteiger partial charge in [-0.3, -0.25) is 9.59 Å². The van der Waals surface area contributed by atoms with E-state index >= 15 is 0 Å². The Hall–Kier alpha value is -2.93. The van der Waals surface area contributed by atoms with Gasteiger partial charge in [-0.2, -0.15) is 9.78 Å². The van der Waals surface area contributed by atoms with Crippen molar-refractivity contribution in [2.24, 2.45) is 0 Å². The molecule has 0 radical (unpaired) electrons. The fraction of sp³-hybridized carbons (Fsp3) is 0.458. The van der Waals surface area contributed by atoms with Crippen LogP contribution in [0, 0.1) is 0 Å². The minimum Gasteiger partial charge on any atom is -0.376 e. The molecule has 0 spiro atoms. The quantitative estimate of drug-likeness (QED) is 0.649. The average molecular weight is 421 g/mol. The van der Waals surface area contributed by atoms with Gasteiger partial charge in [0, 0.05) is 38.6 Å². The Balaban J connectivity index is 1.60. The normalized spacial score (nSPS) is 19.6. The van der Waals surface area contributed by atoms with Gasteiger partial charge in [0.05, 0.1) is 22.9 Å². The smallest absolute Gasteiger partial charge is 0.282 e. The molecule has 4 aliphatic rings. The molecule has 162 valence electrons. The maximum absolute atomic E-state index is 13.5. The minimum absolute atomic E-state index is 0.0358. The Morgan fingerprint density at radius 2 is 1.81 bits per heavy atom. The number of amides is 1. The Bertz CT molecular complexity index is 1070. The number of ether oxygens (including phenoxy) is 1. The molecule has 1 aromatic rings. The van der Waals surface area contributed by atoms with Gasteiger partial charge in [0.25, 0.3) is 11.5 Å². The monoisotopic (exact) mass is 420 g/mol. The summed E-state index contributed by atoms with van der Waals surface area (Å²) in [6.45, 7) is 2.91. The molecule has 0 aromatic heterocycles. The summed E-state index contributed by atoms with van der Waals surface area (Å²) in [7, 11) is 0. The van der Waals surface area contributed by atoms with E-state index in [0.717, 1.165) is 58.2 Å². The molecule has 7 heteroatoms. The highest BCUT2D eigenvalue weighted by Crippen LogP contribution is 2.26. The number of likely N-dealkylation sites (tertiary alicyclic amines) is 1. The highest BCUT2D eigenvalue weighted by atomic mass is 16.5. The fourth-order valence-corrected chi connectivity index (χ4v) is 4.63. The van der Waals surface area contributed by atoms with Crippen molar-refractivity contribution < 1.29 is 9.53 Å². The second-order valence-corrected chi connectivity index (χ2v) is 8.52. The first-order chi connectivity index (χ1) is 15.2. The van der Waals surface area contributed by atoms with Gasteiger partial charge in [-0.25, -0.2) is 0 Å². The van der Waals surface area contributed by atoms with E-state index in [1.807, 2.05) is 52.2 Å². The molecule has 0 unspecified atom stereocenters. The zero-order chi connectivity index (χ0) is 21.2. The van der Waals surface area contributed by atoms with Gasteiger partial charge in [-0.05, 0) is 37.8 Å². The van der Waals surface area contributed by atoms with Crippen LogP contribution in [0.4, 0.5) is 0 Å². The summed E-state index contributed by atoms with van der Waals surface area (Å²) in [5, 5.41) is 4.61. The number of carbonyl (C=O) groups excluding carboxylic acids is 1. The largest absolute Gasteiger partial charge is 0.376 e. The van der Waals surface area contributed by atoms with Crippen LogP contribution in [0.2, 0.25) is 0 Å². The highest BCUT2D eigenvalue weighted by Gasteiger charge is 2.28. The molecule has 0 bridgehead atoms. The van der Waals surface area contributed by atoms with Crippen LogP contribution in [-0.4, -0.2) is 51.0 Å². The van der Waals surface area contributed by atoms with Gasteiger partial charge in [0.15, 0.2) is 0 Å². The van der Waals surface area contributed by atoms with Crippen LogP contribution in [0.15, 0.2) is 47.5 Å². The molecule has 1 atom stereocenters. The van der Waals surface area contributed by atoms with Crippen LogP contribution in [-0.2, 0) is 11.3 Å². The van der Waals surface area contributed by atoms with Gasteiger partial charge in [0.2, 0.25) is 0 Å². The SMILES string of the molecule is O=C(c1cn(C[C@H]2CCCO2)cc2c(=O)n(-c3ccccc3)nc1-2)N1CCCCCC1. The van der Waals surface area contributed by atoms with Gasteiger partial charge in [-0.15, -0.1) is 0 Å². The van der Waals surface area contributed by atoms with Crippen molar-refractivity contribution in [3.05, 3.63) is 58.6 Å². The van der Waals surface area contributed by atoms with Crippen molar-refractivity contribution in [3.8, 4) is 16.9 Å². The fourth-order valence-electron chi connectivity index (χ4n) is 4.63. The van der Waals surface area contributed by atoms with Crippen LogP contribution in [0.5, 0.6) is 0 Å². The number of rotatable bonds is 4. The molecule has 4 heterocycles. The topological polar surface area (TPSA) is 69.4 Å². The lowest BCUT2D eigenvalue weighted by molar-refractivity contribution is 0.0758. The summed E-state index contributed by atoms with van der Waals surface area (Å²) in [6.07, 6.45) is 10.2. The number of pyridine rings is 1. The summed E-state index contributed by atoms with van der Waals surface area (Å²) in [5.74, 6) is -0.0358. The van der Waals surface area contributed by atoms with E-state index in [9.17, 15) is 9.59 Å². The second-order valence-electron chi connectivity index (χ2n) is 8.52. The second kappa shape index (κ2) is 8.67. The summed E-state index contributed by atoms with van der Waals surface area (Å²) in [6, 6.07) is 9.36. The number of fused-ring (bicyclic) bond motifs is 1. The van der Waals surface area contributed by atoms with E-state index in [0.29, 0.717) is 29.1 Å². The summed E-state index contributed by atoms with van der Waals surface area (Å²) in [4.78, 5) is 28.7. The number of hydrogen-bond acceptors (Lipinski definition) is 4. The molecule has 2 saturated heterocycles. The number of para-hydroxylation sites is 1. The van der Waals surface area contributed by atoms with Gasteiger partial charge >= 0.3 is 0 Å². The van der Waals surface area contributed by atoms with Crippen molar-refractivity contribution in [2.75, 3.05) is 19.7 Å². The Kier molecular flexibility index (Phi) is 5.59. The van der Waals surface area contributed by atoms with Gasteiger partial charge < -0.3 is 14.2 Å². The van der Waals surface area contributed by atoms with E-state index in [1.54, 1.807) is 0 Å². The van der Waals surface area contributed by atoms with E-state index < -0.39 is 0 Å². The minimum atomic E-state index is -0.201. The average Bonchev–Trinajstić information content (AvgIpc) is 3.32. The molecule has 4 aliphatic heterocycles. The van der Waals surface area contributed by atoms with E-state index in [4.69, 9.17) is 4.74 Å². The van der Waals surface area contributed by atoms with Crippen molar-refractivity contribution in [1.82, 2.24) is 19.2 Å². The Morgan fingerprint density at radius 3 is 2.52 bits per heavy atom. The predicted molar refractivity (Wildman–Crippen MR) is 118 cm³/mol. The summed E-state index contributed by atoms with van der Waals surface area (Å²) in [5.41, 5.74) is 1.95. The first kappa shape index (κ1) is 20.0. The number of benzene rings is 1. The van der Waals surface area contributed by atoms with E-state index in [2.05, 4.69) is 5.10 Å². The highest BCUT2D eigenvalue weighted by molar-refractivity contribution is 6.00. The molecule has 2 fully saturated rings. The van der Waals surface area contributed by atoms with Crippen LogP contribution in [0.25, 0.3) is 16.9 Å². The van der Waals surface area contributed by atoms with Crippen LogP contribution < -0.4 is 5.56 Å². The Morgan fingerprint density at radius 1 is 1.03 bits per heavy atom. The molecule has 5 rings (SSSR count). The first-order valence-electron chi connectivity index (χ1n) is 11.3. The zero-order valence-electron chi connectivity index (χ0n) is 17.7. The maximum atomic E-state index is 13.5. The number of hydrogen-bond donors (Lipinski definition) is 0. The number of nitrogens with zero attached hydrogens (tertiary/aromatic N) is 4. The van der Waals surface area contributed by atoms with Crippen molar-refractivity contribution in [1.29, 1.82) is 0 Å². The summed E-state index contributed by atoms with van der Waals surface area (Å²) < 4.78 is 9.14. The van der Waals surface area contributed by atoms with Crippen molar-refractivity contribution >= 4 is 5.91 Å². The predicted octanol–water partition coefficient (Wildman–Crippen LogP) is 3.33. The molecule has 31 heavy (non-hydrogen) atoms. The number of aromatic nitrogens is 3. The first-order valence-corrected chi connectivity index (χ1v) is 11.3. The van der Waals surface area contributed by atoms with E-state index in [-0.39, 0.29) is 17.6 Å². The Labute approximate surface area is 181 Å². The molecule has 1 amide bonds. The van der Waals surface area contributed by atoms with Crippen LogP contribution >= 0.6 is 0 Å². The van der Waals surface area contributed by atoms with E-state index in [1.165, 1.54) is 4.68 Å². The van der Waals surface area contributed by atoms with Crippen molar-refractivity contribution in [2.45, 2.75) is 51.2 Å². The molecular weight excluding hydrogens is 392 g/mol. The standard InChI is InChI=1S/C24H28N4O3/c29-23(27-12-6-1-2-7-13-27)20-16-26(15-19-11-8-14-31-19)17-21-22(20)25-28(24(21)30)18-9-4-3-5-10-18/h3-5,9-10,16-17,19H,1-2,6-8,11-15H2/t19-/m1/s1. The van der Waals surface area contributed by atoms with Gasteiger partial charge in [-0.1, -0.05) is 31.0 Å². The van der Waals surface area contributed by atoms with Crippen molar-refractivity contribution in [3.63, 3.8) is 0 Å². The maximum Gasteiger partial charge on any atom is 0.282 e. The summed E-state index contributed by atoms with van der Waals surface area (Å²) >= 11 is 0. The third-order valence-electron chi connectivity index (χ3n) is 6.29. The lowest BCUT2D eigenvalue weighted by Crippen LogP contribution is -2.33. The molecular formula is C24H28N4O3.